The number of aldehydes is 1. The predicted molar refractivity (Wildman–Crippen MR) is 40.4 cm³/mol. The van der Waals surface area contributed by atoms with Crippen LogP contribution in [0.3, 0.4) is 0 Å². The first-order valence-corrected chi connectivity index (χ1v) is 2.99. The number of halogens is 1. The summed E-state index contributed by atoms with van der Waals surface area (Å²) in [5.41, 5.74) is -0.178. The molecule has 1 aromatic carbocycles. The summed E-state index contributed by atoms with van der Waals surface area (Å²) in [5.74, 6) is -1.49. The maximum Gasteiger partial charge on any atom is 0.228 e. The van der Waals surface area contributed by atoms with Crippen LogP contribution < -0.4 is 0 Å². The highest BCUT2D eigenvalue weighted by Crippen LogP contribution is 2.05. The van der Waals surface area contributed by atoms with E-state index in [-0.39, 0.29) is 17.3 Å². The van der Waals surface area contributed by atoms with Crippen molar-refractivity contribution >= 4 is 12.1 Å². The molecule has 64 valence electrons. The normalized spacial score (nSPS) is 8.42. The van der Waals surface area contributed by atoms with E-state index in [0.717, 1.165) is 6.07 Å². The Morgan fingerprint density at radius 3 is 2.42 bits per heavy atom. The zero-order valence-corrected chi connectivity index (χ0v) is 6.08. The summed E-state index contributed by atoms with van der Waals surface area (Å²) in [7, 11) is 0. The fourth-order valence-electron chi connectivity index (χ4n) is 0.725. The van der Waals surface area contributed by atoms with Gasteiger partial charge in [0.05, 0.1) is 5.56 Å². The van der Waals surface area contributed by atoms with E-state index in [1.807, 2.05) is 0 Å². The number of rotatable bonds is 2. The lowest BCUT2D eigenvalue weighted by Gasteiger charge is -1.93. The fourth-order valence-corrected chi connectivity index (χ4v) is 0.725. The predicted octanol–water partition coefficient (Wildman–Crippen LogP) is 0.383. The highest BCUT2D eigenvalue weighted by Gasteiger charge is 2.07. The molecule has 3 nitrogen and oxygen atoms in total. The van der Waals surface area contributed by atoms with Crippen LogP contribution in [0.1, 0.15) is 10.4 Å². The molecule has 0 atom stereocenters. The van der Waals surface area contributed by atoms with Gasteiger partial charge in [-0.3, -0.25) is 9.59 Å². The summed E-state index contributed by atoms with van der Waals surface area (Å²) in [4.78, 5) is 20.6. The van der Waals surface area contributed by atoms with Gasteiger partial charge in [0.1, 0.15) is 5.82 Å². The van der Waals surface area contributed by atoms with Gasteiger partial charge < -0.3 is 5.48 Å². The molecule has 4 heteroatoms. The summed E-state index contributed by atoms with van der Waals surface area (Å²) < 4.78 is 12.6. The second-order valence-corrected chi connectivity index (χ2v) is 1.96. The molecular formula is C8H7FO3. The van der Waals surface area contributed by atoms with Crippen LogP contribution in [0.4, 0.5) is 4.39 Å². The van der Waals surface area contributed by atoms with Gasteiger partial charge in [-0.05, 0) is 12.1 Å². The van der Waals surface area contributed by atoms with Crippen LogP contribution in [0.5, 0.6) is 0 Å². The molecule has 0 saturated heterocycles. The quantitative estimate of drug-likeness (QED) is 0.366. The largest absolute Gasteiger partial charge is 0.412 e. The third-order valence-electron chi connectivity index (χ3n) is 1.25. The Bertz CT molecular complexity index is 296. The molecule has 0 bridgehead atoms. The average Bonchev–Trinajstić information content (AvgIpc) is 2.04. The van der Waals surface area contributed by atoms with Crippen molar-refractivity contribution in [3.8, 4) is 0 Å². The van der Waals surface area contributed by atoms with Crippen molar-refractivity contribution in [3.63, 3.8) is 0 Å². The Morgan fingerprint density at radius 1 is 1.33 bits per heavy atom. The van der Waals surface area contributed by atoms with Gasteiger partial charge in [-0.2, -0.15) is 0 Å². The number of carbonyl (C=O) groups is 2. The van der Waals surface area contributed by atoms with Crippen LogP contribution in [0.25, 0.3) is 0 Å². The van der Waals surface area contributed by atoms with Crippen molar-refractivity contribution in [2.75, 3.05) is 0 Å². The highest BCUT2D eigenvalue weighted by atomic mass is 19.1. The highest BCUT2D eigenvalue weighted by molar-refractivity contribution is 6.33. The Balaban J connectivity index is 0.00000121. The van der Waals surface area contributed by atoms with Gasteiger partial charge in [0, 0.05) is 0 Å². The third kappa shape index (κ3) is 1.96. The number of benzene rings is 1. The van der Waals surface area contributed by atoms with E-state index < -0.39 is 11.6 Å². The number of hydrogen-bond acceptors (Lipinski definition) is 2. The van der Waals surface area contributed by atoms with Crippen molar-refractivity contribution < 1.29 is 19.5 Å². The molecular weight excluding hydrogens is 163 g/mol. The molecule has 12 heavy (non-hydrogen) atoms. The van der Waals surface area contributed by atoms with Crippen LogP contribution in [-0.4, -0.2) is 17.5 Å². The topological polar surface area (TPSA) is 65.6 Å². The van der Waals surface area contributed by atoms with Gasteiger partial charge in [-0.25, -0.2) is 4.39 Å². The zero-order chi connectivity index (χ0) is 8.27. The minimum Gasteiger partial charge on any atom is -0.412 e. The minimum atomic E-state index is -0.830. The Hall–Kier alpha value is -1.55. The van der Waals surface area contributed by atoms with Crippen molar-refractivity contribution in [1.82, 2.24) is 0 Å². The zero-order valence-electron chi connectivity index (χ0n) is 6.08. The van der Waals surface area contributed by atoms with E-state index in [1.54, 1.807) is 0 Å². The van der Waals surface area contributed by atoms with Gasteiger partial charge in [0.15, 0.2) is 6.29 Å². The van der Waals surface area contributed by atoms with Crippen LogP contribution in [0.15, 0.2) is 24.3 Å². The third-order valence-corrected chi connectivity index (χ3v) is 1.25. The van der Waals surface area contributed by atoms with Gasteiger partial charge in [0.2, 0.25) is 5.78 Å². The van der Waals surface area contributed by atoms with Crippen molar-refractivity contribution in [1.29, 1.82) is 0 Å². The summed E-state index contributed by atoms with van der Waals surface area (Å²) in [6.45, 7) is 0. The molecule has 2 N–H and O–H groups in total. The van der Waals surface area contributed by atoms with Gasteiger partial charge in [-0.15, -0.1) is 0 Å². The standard InChI is InChI=1S/C8H5FO2.H2O/c9-7-4-2-1-3-6(7)8(11)5-10;/h1-5H;1H2. The van der Waals surface area contributed by atoms with Gasteiger partial charge in [0.25, 0.3) is 0 Å². The number of carbonyl (C=O) groups excluding carboxylic acids is 2. The number of Topliss-reactive ketones (excluding diaryl/α,β-unsaturated/α-hetero) is 1. The molecule has 0 amide bonds. The van der Waals surface area contributed by atoms with Crippen LogP contribution in [-0.2, 0) is 4.79 Å². The second kappa shape index (κ2) is 4.35. The maximum atomic E-state index is 12.6. The first kappa shape index (κ1) is 10.5. The SMILES string of the molecule is O.O=CC(=O)c1ccccc1F. The maximum absolute atomic E-state index is 12.6. The molecule has 0 aliphatic heterocycles. The molecule has 0 aliphatic carbocycles. The molecule has 1 aromatic rings. The minimum absolute atomic E-state index is 0. The molecule has 0 heterocycles. The van der Waals surface area contributed by atoms with Crippen molar-refractivity contribution in [2.24, 2.45) is 0 Å². The fraction of sp³-hybridized carbons (Fsp3) is 0. The lowest BCUT2D eigenvalue weighted by Crippen LogP contribution is -2.02. The van der Waals surface area contributed by atoms with E-state index in [4.69, 9.17) is 0 Å². The van der Waals surface area contributed by atoms with E-state index in [0.29, 0.717) is 0 Å². The second-order valence-electron chi connectivity index (χ2n) is 1.96. The van der Waals surface area contributed by atoms with Crippen LogP contribution in [0.2, 0.25) is 0 Å². The monoisotopic (exact) mass is 170 g/mol. The molecule has 0 saturated carbocycles. The molecule has 0 unspecified atom stereocenters. The average molecular weight is 170 g/mol. The number of hydrogen-bond donors (Lipinski definition) is 0. The van der Waals surface area contributed by atoms with E-state index >= 15 is 0 Å². The summed E-state index contributed by atoms with van der Waals surface area (Å²) in [6, 6.07) is 5.36. The van der Waals surface area contributed by atoms with Crippen LogP contribution in [0, 0.1) is 5.82 Å². The molecule has 1 rings (SSSR count). The Labute approximate surface area is 68.1 Å². The molecule has 0 fully saturated rings. The first-order valence-electron chi connectivity index (χ1n) is 2.99. The van der Waals surface area contributed by atoms with E-state index in [1.165, 1.54) is 18.2 Å². The first-order chi connectivity index (χ1) is 5.25. The van der Waals surface area contributed by atoms with Crippen LogP contribution >= 0.6 is 0 Å². The number of ketones is 1. The summed E-state index contributed by atoms with van der Waals surface area (Å²) in [6.07, 6.45) is 0.0956. The lowest BCUT2D eigenvalue weighted by atomic mass is 10.1. The van der Waals surface area contributed by atoms with Crippen molar-refractivity contribution in [2.45, 2.75) is 0 Å². The van der Waals surface area contributed by atoms with E-state index in [9.17, 15) is 14.0 Å². The Morgan fingerprint density at radius 2 is 1.92 bits per heavy atom. The van der Waals surface area contributed by atoms with Gasteiger partial charge in [-0.1, -0.05) is 12.1 Å². The Kier molecular flexibility index (Phi) is 3.79. The molecule has 0 aromatic heterocycles. The smallest absolute Gasteiger partial charge is 0.228 e. The summed E-state index contributed by atoms with van der Waals surface area (Å²) >= 11 is 0. The molecule has 0 aliphatic rings. The molecule has 0 radical (unpaired) electrons. The van der Waals surface area contributed by atoms with Crippen molar-refractivity contribution in [3.05, 3.63) is 35.6 Å². The van der Waals surface area contributed by atoms with Gasteiger partial charge >= 0.3 is 0 Å². The van der Waals surface area contributed by atoms with E-state index in [2.05, 4.69) is 0 Å². The summed E-state index contributed by atoms with van der Waals surface area (Å²) in [5, 5.41) is 0. The molecule has 0 spiro atoms. The lowest BCUT2D eigenvalue weighted by molar-refractivity contribution is -0.104.